The molecule has 2 aliphatic carbocycles. The highest BCUT2D eigenvalue weighted by molar-refractivity contribution is 5.76. The Morgan fingerprint density at radius 1 is 1.45 bits per heavy atom. The average molecular weight is 154 g/mol. The molecule has 1 saturated heterocycles. The predicted molar refractivity (Wildman–Crippen MR) is 35.7 cm³/mol. The van der Waals surface area contributed by atoms with Gasteiger partial charge in [0.15, 0.2) is 0 Å². The van der Waals surface area contributed by atoms with Gasteiger partial charge in [-0.2, -0.15) is 0 Å². The highest BCUT2D eigenvalue weighted by Crippen LogP contribution is 2.56. The molecule has 1 heterocycles. The quantitative estimate of drug-likeness (QED) is 0.502. The third kappa shape index (κ3) is 0.562. The second-order valence-electron chi connectivity index (χ2n) is 4.08. The smallest absolute Gasteiger partial charge is 0.309 e. The first-order valence-corrected chi connectivity index (χ1v) is 4.11. The molecule has 3 aliphatic rings. The predicted octanol–water partition coefficient (Wildman–Crippen LogP) is 0.0728. The zero-order chi connectivity index (χ0) is 7.64. The van der Waals surface area contributed by atoms with Gasteiger partial charge in [-0.1, -0.05) is 0 Å². The van der Waals surface area contributed by atoms with Gasteiger partial charge in [0, 0.05) is 12.3 Å². The third-order valence-electron chi connectivity index (χ3n) is 3.36. The summed E-state index contributed by atoms with van der Waals surface area (Å²) in [6.07, 6.45) is 2.16. The molecule has 2 bridgehead atoms. The van der Waals surface area contributed by atoms with Crippen molar-refractivity contribution in [2.75, 3.05) is 0 Å². The maximum atomic E-state index is 11.1. The zero-order valence-electron chi connectivity index (χ0n) is 6.12. The van der Waals surface area contributed by atoms with E-state index in [9.17, 15) is 9.90 Å². The lowest BCUT2D eigenvalue weighted by Gasteiger charge is -2.19. The minimum absolute atomic E-state index is 0.0266. The van der Waals surface area contributed by atoms with Crippen molar-refractivity contribution < 1.29 is 14.6 Å². The van der Waals surface area contributed by atoms with Crippen molar-refractivity contribution in [2.45, 2.75) is 31.0 Å². The van der Waals surface area contributed by atoms with Crippen molar-refractivity contribution in [1.29, 1.82) is 0 Å². The lowest BCUT2D eigenvalue weighted by molar-refractivity contribution is -0.143. The fourth-order valence-corrected chi connectivity index (χ4v) is 2.93. The lowest BCUT2D eigenvalue weighted by Crippen LogP contribution is -2.27. The number of esters is 1. The van der Waals surface area contributed by atoms with E-state index >= 15 is 0 Å². The summed E-state index contributed by atoms with van der Waals surface area (Å²) < 4.78 is 5.11. The number of hydrogen-bond acceptors (Lipinski definition) is 3. The molecule has 11 heavy (non-hydrogen) atoms. The molecular formula is C8H10O3. The Labute approximate surface area is 64.3 Å². The van der Waals surface area contributed by atoms with E-state index in [1.807, 2.05) is 0 Å². The summed E-state index contributed by atoms with van der Waals surface area (Å²) in [7, 11) is 0. The molecule has 3 heteroatoms. The summed E-state index contributed by atoms with van der Waals surface area (Å²) in [5, 5.41) is 9.81. The number of hydrogen-bond donors (Lipinski definition) is 1. The summed E-state index contributed by atoms with van der Waals surface area (Å²) >= 11 is 0. The van der Waals surface area contributed by atoms with Crippen molar-refractivity contribution in [2.24, 2.45) is 11.8 Å². The van der Waals surface area contributed by atoms with Gasteiger partial charge < -0.3 is 9.84 Å². The molecule has 0 aromatic rings. The van der Waals surface area contributed by atoms with E-state index in [0.29, 0.717) is 18.8 Å². The summed E-state index contributed by atoms with van der Waals surface area (Å²) in [4.78, 5) is 11.1. The molecule has 0 spiro atoms. The van der Waals surface area contributed by atoms with Gasteiger partial charge in [-0.05, 0) is 12.8 Å². The molecule has 4 unspecified atom stereocenters. The van der Waals surface area contributed by atoms with Gasteiger partial charge in [0.05, 0.1) is 11.5 Å². The molecule has 60 valence electrons. The maximum absolute atomic E-state index is 11.1. The van der Waals surface area contributed by atoms with Crippen LogP contribution in [-0.2, 0) is 9.53 Å². The van der Waals surface area contributed by atoms with Crippen molar-refractivity contribution in [3.05, 3.63) is 0 Å². The molecule has 1 N–H and O–H groups in total. The summed E-state index contributed by atoms with van der Waals surface area (Å²) in [5.41, 5.74) is -0.549. The molecule has 3 rings (SSSR count). The van der Waals surface area contributed by atoms with Crippen LogP contribution >= 0.6 is 0 Å². The van der Waals surface area contributed by atoms with Gasteiger partial charge in [0.25, 0.3) is 0 Å². The van der Waals surface area contributed by atoms with Gasteiger partial charge in [0.2, 0.25) is 0 Å². The Kier molecular flexibility index (Phi) is 0.796. The standard InChI is InChI=1S/C8H10O3/c9-7-5-2-8(10)1-4(5)6(3-8)11-7/h4-6,10H,1-3H2. The van der Waals surface area contributed by atoms with Crippen molar-refractivity contribution >= 4 is 5.97 Å². The van der Waals surface area contributed by atoms with Gasteiger partial charge in [-0.15, -0.1) is 0 Å². The SMILES string of the molecule is O=C1OC2CC3(O)CC1C2C3. The minimum Gasteiger partial charge on any atom is -0.462 e. The van der Waals surface area contributed by atoms with Crippen LogP contribution in [0.2, 0.25) is 0 Å². The van der Waals surface area contributed by atoms with E-state index in [0.717, 1.165) is 6.42 Å². The van der Waals surface area contributed by atoms with Crippen LogP contribution in [0.5, 0.6) is 0 Å². The zero-order valence-corrected chi connectivity index (χ0v) is 6.12. The topological polar surface area (TPSA) is 46.5 Å². The van der Waals surface area contributed by atoms with Crippen LogP contribution in [0.25, 0.3) is 0 Å². The number of ether oxygens (including phenoxy) is 1. The van der Waals surface area contributed by atoms with E-state index in [-0.39, 0.29) is 18.0 Å². The normalized spacial score (nSPS) is 58.6. The second kappa shape index (κ2) is 1.46. The summed E-state index contributed by atoms with van der Waals surface area (Å²) in [6.45, 7) is 0. The minimum atomic E-state index is -0.549. The van der Waals surface area contributed by atoms with Gasteiger partial charge in [-0.3, -0.25) is 4.79 Å². The second-order valence-corrected chi connectivity index (χ2v) is 4.08. The molecule has 3 fully saturated rings. The van der Waals surface area contributed by atoms with Crippen LogP contribution in [0.3, 0.4) is 0 Å². The third-order valence-corrected chi connectivity index (χ3v) is 3.36. The van der Waals surface area contributed by atoms with Gasteiger partial charge >= 0.3 is 5.97 Å². The molecule has 2 saturated carbocycles. The number of fused-ring (bicyclic) bond motifs is 1. The summed E-state index contributed by atoms with van der Waals surface area (Å²) in [6, 6.07) is 0. The molecule has 4 atom stereocenters. The van der Waals surface area contributed by atoms with E-state index in [4.69, 9.17) is 4.74 Å². The molecule has 0 aromatic heterocycles. The lowest BCUT2D eigenvalue weighted by atomic mass is 9.88. The van der Waals surface area contributed by atoms with Gasteiger partial charge in [-0.25, -0.2) is 0 Å². The Hall–Kier alpha value is -0.570. The van der Waals surface area contributed by atoms with Gasteiger partial charge in [0.1, 0.15) is 6.10 Å². The first-order chi connectivity index (χ1) is 5.18. The van der Waals surface area contributed by atoms with Crippen LogP contribution in [-0.4, -0.2) is 22.8 Å². The largest absolute Gasteiger partial charge is 0.462 e. The fraction of sp³-hybridized carbons (Fsp3) is 0.875. The Balaban J connectivity index is 2.06. The van der Waals surface area contributed by atoms with Crippen LogP contribution < -0.4 is 0 Å². The molecular weight excluding hydrogens is 144 g/mol. The van der Waals surface area contributed by atoms with Crippen LogP contribution in [0.4, 0.5) is 0 Å². The highest BCUT2D eigenvalue weighted by Gasteiger charge is 2.63. The van der Waals surface area contributed by atoms with E-state index in [1.165, 1.54) is 0 Å². The van der Waals surface area contributed by atoms with Crippen LogP contribution in [0.1, 0.15) is 19.3 Å². The maximum Gasteiger partial charge on any atom is 0.309 e. The van der Waals surface area contributed by atoms with E-state index in [1.54, 1.807) is 0 Å². The summed E-state index contributed by atoms with van der Waals surface area (Å²) in [5.74, 6) is 0.291. The Morgan fingerprint density at radius 3 is 2.82 bits per heavy atom. The number of rotatable bonds is 0. The van der Waals surface area contributed by atoms with E-state index < -0.39 is 5.60 Å². The molecule has 1 aliphatic heterocycles. The molecule has 0 amide bonds. The molecule has 0 aromatic carbocycles. The number of carbonyl (C=O) groups is 1. The first-order valence-electron chi connectivity index (χ1n) is 4.11. The van der Waals surface area contributed by atoms with Crippen LogP contribution in [0.15, 0.2) is 0 Å². The molecule has 3 nitrogen and oxygen atoms in total. The van der Waals surface area contributed by atoms with E-state index in [2.05, 4.69) is 0 Å². The Bertz CT molecular complexity index is 233. The first kappa shape index (κ1) is 6.00. The van der Waals surface area contributed by atoms with Crippen LogP contribution in [0, 0.1) is 11.8 Å². The highest BCUT2D eigenvalue weighted by atomic mass is 16.6. The monoisotopic (exact) mass is 154 g/mol. The fourth-order valence-electron chi connectivity index (χ4n) is 2.93. The van der Waals surface area contributed by atoms with Crippen molar-refractivity contribution in [3.63, 3.8) is 0 Å². The Morgan fingerprint density at radius 2 is 2.27 bits per heavy atom. The number of aliphatic hydroxyl groups is 1. The number of carbonyl (C=O) groups excluding carboxylic acids is 1. The van der Waals surface area contributed by atoms with Crippen molar-refractivity contribution in [3.8, 4) is 0 Å². The average Bonchev–Trinajstić information content (AvgIpc) is 2.41. The van der Waals surface area contributed by atoms with Crippen molar-refractivity contribution in [1.82, 2.24) is 0 Å². The molecule has 0 radical (unpaired) electrons.